The first-order valence-electron chi connectivity index (χ1n) is 8.63. The minimum atomic E-state index is -0.486. The van der Waals surface area contributed by atoms with Gasteiger partial charge < -0.3 is 14.6 Å². The molecule has 144 valence electrons. The van der Waals surface area contributed by atoms with Gasteiger partial charge in [-0.05, 0) is 32.3 Å². The SMILES string of the molecule is Cc1ccc([N+](=O)[O-])cc1NC(=O)CSc1nnc(C)n1C[C@H]1CCCO1. The van der Waals surface area contributed by atoms with E-state index in [1.165, 1.54) is 23.9 Å². The number of ether oxygens (including phenoxy) is 1. The van der Waals surface area contributed by atoms with E-state index in [0.717, 1.165) is 30.8 Å². The van der Waals surface area contributed by atoms with Gasteiger partial charge in [-0.3, -0.25) is 14.9 Å². The van der Waals surface area contributed by atoms with Crippen molar-refractivity contribution in [1.29, 1.82) is 0 Å². The predicted molar refractivity (Wildman–Crippen MR) is 101 cm³/mol. The lowest BCUT2D eigenvalue weighted by molar-refractivity contribution is -0.384. The summed E-state index contributed by atoms with van der Waals surface area (Å²) >= 11 is 1.28. The number of nitrogens with zero attached hydrogens (tertiary/aromatic N) is 4. The van der Waals surface area contributed by atoms with Crippen molar-refractivity contribution >= 4 is 29.0 Å². The number of nitro benzene ring substituents is 1. The van der Waals surface area contributed by atoms with Gasteiger partial charge in [-0.15, -0.1) is 10.2 Å². The number of benzene rings is 1. The van der Waals surface area contributed by atoms with Gasteiger partial charge in [-0.2, -0.15) is 0 Å². The number of carbonyl (C=O) groups is 1. The van der Waals surface area contributed by atoms with Crippen LogP contribution in [0.4, 0.5) is 11.4 Å². The number of rotatable bonds is 7. The van der Waals surface area contributed by atoms with Crippen LogP contribution in [0, 0.1) is 24.0 Å². The summed E-state index contributed by atoms with van der Waals surface area (Å²) in [7, 11) is 0. The van der Waals surface area contributed by atoms with E-state index in [1.807, 2.05) is 11.5 Å². The third-order valence-corrected chi connectivity index (χ3v) is 5.32. The smallest absolute Gasteiger partial charge is 0.271 e. The number of nitro groups is 1. The van der Waals surface area contributed by atoms with Crippen molar-refractivity contribution in [2.75, 3.05) is 17.7 Å². The van der Waals surface area contributed by atoms with E-state index in [4.69, 9.17) is 4.74 Å². The largest absolute Gasteiger partial charge is 0.376 e. The van der Waals surface area contributed by atoms with Crippen LogP contribution in [0.1, 0.15) is 24.2 Å². The number of aryl methyl sites for hydroxylation is 2. The number of carbonyl (C=O) groups excluding carboxylic acids is 1. The summed E-state index contributed by atoms with van der Waals surface area (Å²) in [6.07, 6.45) is 2.22. The molecule has 0 unspecified atom stereocenters. The summed E-state index contributed by atoms with van der Waals surface area (Å²) in [5.41, 5.74) is 1.14. The molecule has 1 aromatic carbocycles. The number of non-ortho nitro benzene ring substituents is 1. The van der Waals surface area contributed by atoms with Crippen molar-refractivity contribution in [3.8, 4) is 0 Å². The van der Waals surface area contributed by atoms with E-state index >= 15 is 0 Å². The number of nitrogens with one attached hydrogen (secondary N) is 1. The maximum absolute atomic E-state index is 12.3. The van der Waals surface area contributed by atoms with Crippen molar-refractivity contribution in [2.24, 2.45) is 0 Å². The number of hydrogen-bond donors (Lipinski definition) is 1. The average Bonchev–Trinajstić information content (AvgIpc) is 3.26. The summed E-state index contributed by atoms with van der Waals surface area (Å²) in [5.74, 6) is 0.655. The van der Waals surface area contributed by atoms with Gasteiger partial charge in [0.2, 0.25) is 5.91 Å². The Kier molecular flexibility index (Phi) is 6.07. The van der Waals surface area contributed by atoms with Gasteiger partial charge in [0.25, 0.3) is 5.69 Å². The molecule has 1 atom stereocenters. The van der Waals surface area contributed by atoms with E-state index in [-0.39, 0.29) is 23.5 Å². The molecule has 0 radical (unpaired) electrons. The van der Waals surface area contributed by atoms with Crippen LogP contribution in [-0.2, 0) is 16.1 Å². The van der Waals surface area contributed by atoms with Gasteiger partial charge in [0, 0.05) is 18.7 Å². The second-order valence-corrected chi connectivity index (χ2v) is 7.31. The molecule has 2 aromatic rings. The highest BCUT2D eigenvalue weighted by Gasteiger charge is 2.20. The van der Waals surface area contributed by atoms with Gasteiger partial charge in [0.05, 0.1) is 29.0 Å². The molecule has 1 N–H and O–H groups in total. The van der Waals surface area contributed by atoms with Crippen molar-refractivity contribution in [2.45, 2.75) is 44.5 Å². The molecule has 10 heteroatoms. The van der Waals surface area contributed by atoms with Gasteiger partial charge in [-0.1, -0.05) is 17.8 Å². The number of amides is 1. The second kappa shape index (κ2) is 8.49. The molecule has 0 bridgehead atoms. The third kappa shape index (κ3) is 4.83. The zero-order valence-corrected chi connectivity index (χ0v) is 16.0. The lowest BCUT2D eigenvalue weighted by Crippen LogP contribution is -2.18. The summed E-state index contributed by atoms with van der Waals surface area (Å²) in [6, 6.07) is 4.39. The summed E-state index contributed by atoms with van der Waals surface area (Å²) < 4.78 is 7.63. The Balaban J connectivity index is 1.61. The van der Waals surface area contributed by atoms with Crippen LogP contribution in [-0.4, -0.2) is 44.1 Å². The number of hydrogen-bond acceptors (Lipinski definition) is 7. The van der Waals surface area contributed by atoms with E-state index < -0.39 is 4.92 Å². The molecule has 1 fully saturated rings. The molecule has 1 aromatic heterocycles. The minimum Gasteiger partial charge on any atom is -0.376 e. The Morgan fingerprint density at radius 1 is 1.44 bits per heavy atom. The lowest BCUT2D eigenvalue weighted by Gasteiger charge is -2.13. The third-order valence-electron chi connectivity index (χ3n) is 4.35. The van der Waals surface area contributed by atoms with Gasteiger partial charge in [0.15, 0.2) is 5.16 Å². The average molecular weight is 391 g/mol. The van der Waals surface area contributed by atoms with Crippen LogP contribution in [0.5, 0.6) is 0 Å². The fourth-order valence-corrected chi connectivity index (χ4v) is 3.64. The Labute approximate surface area is 160 Å². The molecule has 9 nitrogen and oxygen atoms in total. The first kappa shape index (κ1) is 19.3. The normalized spacial score (nSPS) is 16.4. The summed E-state index contributed by atoms with van der Waals surface area (Å²) in [6.45, 7) is 5.11. The highest BCUT2D eigenvalue weighted by atomic mass is 32.2. The predicted octanol–water partition coefficient (Wildman–Crippen LogP) is 2.71. The minimum absolute atomic E-state index is 0.0597. The summed E-state index contributed by atoms with van der Waals surface area (Å²) in [4.78, 5) is 22.7. The van der Waals surface area contributed by atoms with Crippen molar-refractivity contribution < 1.29 is 14.5 Å². The molecule has 0 aliphatic carbocycles. The number of aromatic nitrogens is 3. The number of thioether (sulfide) groups is 1. The fourth-order valence-electron chi connectivity index (χ4n) is 2.85. The van der Waals surface area contributed by atoms with E-state index in [1.54, 1.807) is 13.0 Å². The topological polar surface area (TPSA) is 112 Å². The van der Waals surface area contributed by atoms with Crippen LogP contribution in [0.15, 0.2) is 23.4 Å². The van der Waals surface area contributed by atoms with Crippen molar-refractivity contribution in [3.63, 3.8) is 0 Å². The molecule has 3 rings (SSSR count). The highest BCUT2D eigenvalue weighted by molar-refractivity contribution is 7.99. The molecule has 2 heterocycles. The molecule has 0 spiro atoms. The molecular weight excluding hydrogens is 370 g/mol. The lowest BCUT2D eigenvalue weighted by atomic mass is 10.2. The second-order valence-electron chi connectivity index (χ2n) is 6.37. The first-order chi connectivity index (χ1) is 12.9. The Morgan fingerprint density at radius 2 is 2.26 bits per heavy atom. The van der Waals surface area contributed by atoms with Crippen LogP contribution >= 0.6 is 11.8 Å². The van der Waals surface area contributed by atoms with E-state index in [0.29, 0.717) is 17.4 Å². The standard InChI is InChI=1S/C17H21N5O4S/c1-11-5-6-13(22(24)25)8-15(11)18-16(23)10-27-17-20-19-12(2)21(17)9-14-4-3-7-26-14/h5-6,8,14H,3-4,7,9-10H2,1-2H3,(H,18,23)/t14-/m1/s1. The maximum atomic E-state index is 12.3. The van der Waals surface area contributed by atoms with E-state index in [9.17, 15) is 14.9 Å². The molecule has 1 aliphatic heterocycles. The molecule has 0 saturated carbocycles. The molecule has 1 amide bonds. The Hall–Kier alpha value is -2.46. The maximum Gasteiger partial charge on any atom is 0.271 e. The van der Waals surface area contributed by atoms with Crippen molar-refractivity contribution in [3.05, 3.63) is 39.7 Å². The van der Waals surface area contributed by atoms with Crippen LogP contribution in [0.2, 0.25) is 0 Å². The highest BCUT2D eigenvalue weighted by Crippen LogP contribution is 2.24. The van der Waals surface area contributed by atoms with Crippen molar-refractivity contribution in [1.82, 2.24) is 14.8 Å². The van der Waals surface area contributed by atoms with E-state index in [2.05, 4.69) is 15.5 Å². The first-order valence-corrected chi connectivity index (χ1v) is 9.61. The van der Waals surface area contributed by atoms with Gasteiger partial charge in [-0.25, -0.2) is 0 Å². The Morgan fingerprint density at radius 3 is 2.96 bits per heavy atom. The van der Waals surface area contributed by atoms with Crippen LogP contribution in [0.25, 0.3) is 0 Å². The summed E-state index contributed by atoms with van der Waals surface area (Å²) in [5, 5.41) is 22.5. The van der Waals surface area contributed by atoms with Gasteiger partial charge >= 0.3 is 0 Å². The molecule has 27 heavy (non-hydrogen) atoms. The van der Waals surface area contributed by atoms with Crippen LogP contribution in [0.3, 0.4) is 0 Å². The fraction of sp³-hybridized carbons (Fsp3) is 0.471. The quantitative estimate of drug-likeness (QED) is 0.439. The molecule has 1 aliphatic rings. The Bertz CT molecular complexity index is 848. The molecular formula is C17H21N5O4S. The van der Waals surface area contributed by atoms with Gasteiger partial charge in [0.1, 0.15) is 5.82 Å². The molecule has 1 saturated heterocycles. The number of anilines is 1. The zero-order chi connectivity index (χ0) is 19.4. The zero-order valence-electron chi connectivity index (χ0n) is 15.2. The monoisotopic (exact) mass is 391 g/mol. The van der Waals surface area contributed by atoms with Crippen LogP contribution < -0.4 is 5.32 Å².